The van der Waals surface area contributed by atoms with Crippen LogP contribution >= 0.6 is 11.6 Å². The number of hydrogen-bond acceptors (Lipinski definition) is 6. The maximum Gasteiger partial charge on any atom is 0.435 e. The molecule has 2 heterocycles. The molecule has 0 atom stereocenters. The minimum atomic E-state index is -0.487. The zero-order chi connectivity index (χ0) is 17.2. The Morgan fingerprint density at radius 2 is 2.13 bits per heavy atom. The highest BCUT2D eigenvalue weighted by Crippen LogP contribution is 2.19. The Hall–Kier alpha value is -2.09. The van der Waals surface area contributed by atoms with Crippen LogP contribution in [0, 0.1) is 0 Å². The third-order valence-electron chi connectivity index (χ3n) is 3.31. The molecule has 2 rings (SSSR count). The molecule has 2 aromatic rings. The van der Waals surface area contributed by atoms with Gasteiger partial charge in [-0.05, 0) is 38.8 Å². The highest BCUT2D eigenvalue weighted by molar-refractivity contribution is 6.28. The average molecular weight is 341 g/mol. The Balaban J connectivity index is 2.28. The van der Waals surface area contributed by atoms with Gasteiger partial charge in [0.25, 0.3) is 0 Å². The van der Waals surface area contributed by atoms with E-state index >= 15 is 0 Å². The molecule has 0 aliphatic rings. The number of anilines is 1. The molecule has 1 amide bonds. The molecule has 0 fully saturated rings. The van der Waals surface area contributed by atoms with E-state index in [2.05, 4.69) is 21.9 Å². The van der Waals surface area contributed by atoms with E-state index in [0.717, 1.165) is 17.6 Å². The van der Waals surface area contributed by atoms with Crippen molar-refractivity contribution in [1.29, 1.82) is 0 Å². The standard InChI is InChI=1S/C14H21ClN6O2/c1-5-6-7-20(14(2,3)4)13(22)23-21-8-17-9-10(16)18-12(15)19-11(9)21/h8H,5-7H2,1-4H3,(H2,16,18,19). The first-order chi connectivity index (χ1) is 10.7. The Labute approximate surface area is 139 Å². The fraction of sp³-hybridized carbons (Fsp3) is 0.571. The van der Waals surface area contributed by atoms with Gasteiger partial charge in [0.1, 0.15) is 6.33 Å². The van der Waals surface area contributed by atoms with Gasteiger partial charge in [-0.3, -0.25) is 0 Å². The van der Waals surface area contributed by atoms with Crippen LogP contribution in [0.2, 0.25) is 5.28 Å². The highest BCUT2D eigenvalue weighted by Gasteiger charge is 2.28. The van der Waals surface area contributed by atoms with Crippen LogP contribution in [-0.4, -0.2) is 42.8 Å². The van der Waals surface area contributed by atoms with Crippen molar-refractivity contribution in [3.05, 3.63) is 11.6 Å². The monoisotopic (exact) mass is 340 g/mol. The minimum absolute atomic E-state index is 0.0357. The van der Waals surface area contributed by atoms with Gasteiger partial charge in [0.15, 0.2) is 11.3 Å². The van der Waals surface area contributed by atoms with Crippen LogP contribution in [0.5, 0.6) is 0 Å². The van der Waals surface area contributed by atoms with E-state index in [0.29, 0.717) is 12.1 Å². The smallest absolute Gasteiger partial charge is 0.382 e. The van der Waals surface area contributed by atoms with E-state index < -0.39 is 6.09 Å². The summed E-state index contributed by atoms with van der Waals surface area (Å²) < 4.78 is 1.16. The van der Waals surface area contributed by atoms with E-state index in [4.69, 9.17) is 22.2 Å². The van der Waals surface area contributed by atoms with Crippen molar-refractivity contribution < 1.29 is 9.63 Å². The van der Waals surface area contributed by atoms with Crippen molar-refractivity contribution in [3.63, 3.8) is 0 Å². The molecule has 0 unspecified atom stereocenters. The second kappa shape index (κ2) is 6.57. The van der Waals surface area contributed by atoms with E-state index in [-0.39, 0.29) is 22.3 Å². The van der Waals surface area contributed by atoms with Crippen molar-refractivity contribution in [1.82, 2.24) is 24.6 Å². The molecule has 2 N–H and O–H groups in total. The first kappa shape index (κ1) is 17.3. The maximum atomic E-state index is 12.5. The SMILES string of the molecule is CCCCN(C(=O)On1cnc2c(N)nc(Cl)nc21)C(C)(C)C. The predicted octanol–water partition coefficient (Wildman–Crippen LogP) is 2.51. The number of nitrogens with two attached hydrogens (primary N) is 1. The molecule has 8 nitrogen and oxygen atoms in total. The largest absolute Gasteiger partial charge is 0.435 e. The Morgan fingerprint density at radius 3 is 2.74 bits per heavy atom. The number of amides is 1. The van der Waals surface area contributed by atoms with E-state index in [9.17, 15) is 4.79 Å². The number of hydrogen-bond donors (Lipinski definition) is 1. The molecule has 0 spiro atoms. The summed E-state index contributed by atoms with van der Waals surface area (Å²) in [6, 6.07) is 0. The van der Waals surface area contributed by atoms with Crippen LogP contribution in [-0.2, 0) is 0 Å². The molecular formula is C14H21ClN6O2. The topological polar surface area (TPSA) is 99.2 Å². The maximum absolute atomic E-state index is 12.5. The molecule has 126 valence electrons. The van der Waals surface area contributed by atoms with Gasteiger partial charge in [0.2, 0.25) is 10.9 Å². The van der Waals surface area contributed by atoms with Crippen LogP contribution in [0.3, 0.4) is 0 Å². The van der Waals surface area contributed by atoms with E-state index in [1.165, 1.54) is 6.33 Å². The summed E-state index contributed by atoms with van der Waals surface area (Å²) in [6.45, 7) is 8.52. The van der Waals surface area contributed by atoms with Gasteiger partial charge in [0, 0.05) is 12.1 Å². The van der Waals surface area contributed by atoms with Gasteiger partial charge in [0.05, 0.1) is 0 Å². The first-order valence-corrected chi connectivity index (χ1v) is 7.78. The minimum Gasteiger partial charge on any atom is -0.382 e. The molecule has 23 heavy (non-hydrogen) atoms. The number of nitrogens with zero attached hydrogens (tertiary/aromatic N) is 5. The third kappa shape index (κ3) is 3.82. The van der Waals surface area contributed by atoms with E-state index in [1.807, 2.05) is 20.8 Å². The number of carbonyl (C=O) groups excluding carboxylic acids is 1. The Bertz CT molecular complexity index is 709. The lowest BCUT2D eigenvalue weighted by molar-refractivity contribution is 0.0624. The van der Waals surface area contributed by atoms with Crippen molar-refractivity contribution >= 4 is 34.7 Å². The number of rotatable bonds is 4. The van der Waals surface area contributed by atoms with Gasteiger partial charge >= 0.3 is 6.09 Å². The summed E-state index contributed by atoms with van der Waals surface area (Å²) in [4.78, 5) is 31.5. The summed E-state index contributed by atoms with van der Waals surface area (Å²) in [5.41, 5.74) is 5.95. The quantitative estimate of drug-likeness (QED) is 0.858. The number of fused-ring (bicyclic) bond motifs is 1. The summed E-state index contributed by atoms with van der Waals surface area (Å²) in [7, 11) is 0. The third-order valence-corrected chi connectivity index (χ3v) is 3.48. The molecule has 9 heteroatoms. The molecule has 0 bridgehead atoms. The van der Waals surface area contributed by atoms with Gasteiger partial charge < -0.3 is 15.5 Å². The molecule has 0 aromatic carbocycles. The number of unbranched alkanes of at least 4 members (excludes halogenated alkanes) is 1. The predicted molar refractivity (Wildman–Crippen MR) is 88.1 cm³/mol. The fourth-order valence-electron chi connectivity index (χ4n) is 2.09. The first-order valence-electron chi connectivity index (χ1n) is 7.40. The van der Waals surface area contributed by atoms with Crippen LogP contribution < -0.4 is 10.6 Å². The van der Waals surface area contributed by atoms with Crippen molar-refractivity contribution in [2.75, 3.05) is 12.3 Å². The number of halogens is 1. The van der Waals surface area contributed by atoms with E-state index in [1.54, 1.807) is 4.90 Å². The Morgan fingerprint density at radius 1 is 1.43 bits per heavy atom. The van der Waals surface area contributed by atoms with Crippen molar-refractivity contribution in [2.24, 2.45) is 0 Å². The molecular weight excluding hydrogens is 320 g/mol. The summed E-state index contributed by atoms with van der Waals surface area (Å²) in [5, 5.41) is -0.0357. The van der Waals surface area contributed by atoms with Crippen LogP contribution in [0.1, 0.15) is 40.5 Å². The fourth-order valence-corrected chi connectivity index (χ4v) is 2.26. The average Bonchev–Trinajstić information content (AvgIpc) is 2.81. The number of carbonyl (C=O) groups is 1. The molecule has 0 saturated heterocycles. The number of imidazole rings is 1. The van der Waals surface area contributed by atoms with Gasteiger partial charge in [-0.1, -0.05) is 13.3 Å². The second-order valence-corrected chi connectivity index (χ2v) is 6.49. The van der Waals surface area contributed by atoms with Crippen LogP contribution in [0.25, 0.3) is 11.2 Å². The summed E-state index contributed by atoms with van der Waals surface area (Å²) >= 11 is 5.80. The van der Waals surface area contributed by atoms with Gasteiger partial charge in [-0.25, -0.2) is 9.78 Å². The second-order valence-electron chi connectivity index (χ2n) is 6.15. The molecule has 0 aliphatic heterocycles. The summed E-state index contributed by atoms with van der Waals surface area (Å²) in [5.74, 6) is 0.133. The number of aromatic nitrogens is 4. The van der Waals surface area contributed by atoms with Gasteiger partial charge in [-0.2, -0.15) is 9.97 Å². The van der Waals surface area contributed by atoms with Crippen molar-refractivity contribution in [3.8, 4) is 0 Å². The van der Waals surface area contributed by atoms with Crippen LogP contribution in [0.15, 0.2) is 6.33 Å². The molecule has 0 aliphatic carbocycles. The lowest BCUT2D eigenvalue weighted by Gasteiger charge is -2.34. The zero-order valence-corrected chi connectivity index (χ0v) is 14.5. The Kier molecular flexibility index (Phi) is 4.93. The normalized spacial score (nSPS) is 11.7. The molecule has 0 radical (unpaired) electrons. The number of nitrogen functional groups attached to an aromatic ring is 1. The molecule has 0 saturated carbocycles. The lowest BCUT2D eigenvalue weighted by atomic mass is 10.1. The highest BCUT2D eigenvalue weighted by atomic mass is 35.5. The molecule has 2 aromatic heterocycles. The van der Waals surface area contributed by atoms with Gasteiger partial charge in [-0.15, -0.1) is 4.73 Å². The summed E-state index contributed by atoms with van der Waals surface area (Å²) in [6.07, 6.45) is 2.70. The van der Waals surface area contributed by atoms with Crippen molar-refractivity contribution in [2.45, 2.75) is 46.1 Å². The zero-order valence-electron chi connectivity index (χ0n) is 13.7. The lowest BCUT2D eigenvalue weighted by Crippen LogP contribution is -2.49. The van der Waals surface area contributed by atoms with Crippen LogP contribution in [0.4, 0.5) is 10.6 Å².